The predicted octanol–water partition coefficient (Wildman–Crippen LogP) is 1.26. The first-order chi connectivity index (χ1) is 8.08. The van der Waals surface area contributed by atoms with Gasteiger partial charge in [-0.2, -0.15) is 0 Å². The Balaban J connectivity index is 2.47. The second-order valence-electron chi connectivity index (χ2n) is 5.17. The molecule has 0 aromatic rings. The molecule has 0 aromatic carbocycles. The van der Waals surface area contributed by atoms with E-state index in [1.165, 1.54) is 12.8 Å². The molecule has 1 atom stereocenters. The van der Waals surface area contributed by atoms with Crippen molar-refractivity contribution in [1.29, 1.82) is 0 Å². The highest BCUT2D eigenvalue weighted by atomic mass is 16.5. The van der Waals surface area contributed by atoms with Gasteiger partial charge >= 0.3 is 5.97 Å². The van der Waals surface area contributed by atoms with Gasteiger partial charge in [-0.3, -0.25) is 9.69 Å². The molecule has 1 aliphatic rings. The molecule has 1 fully saturated rings. The van der Waals surface area contributed by atoms with Gasteiger partial charge in [-0.1, -0.05) is 13.8 Å². The Labute approximate surface area is 105 Å². The van der Waals surface area contributed by atoms with Gasteiger partial charge in [-0.15, -0.1) is 0 Å². The van der Waals surface area contributed by atoms with E-state index in [2.05, 4.69) is 24.1 Å². The summed E-state index contributed by atoms with van der Waals surface area (Å²) in [4.78, 5) is 14.1. The predicted molar refractivity (Wildman–Crippen MR) is 68.9 cm³/mol. The van der Waals surface area contributed by atoms with E-state index in [9.17, 15) is 4.79 Å². The van der Waals surface area contributed by atoms with Crippen molar-refractivity contribution in [2.45, 2.75) is 45.7 Å². The molecule has 100 valence electrons. The molecular weight excluding hydrogens is 216 g/mol. The van der Waals surface area contributed by atoms with Crippen LogP contribution in [0.3, 0.4) is 0 Å². The van der Waals surface area contributed by atoms with Crippen LogP contribution in [0.15, 0.2) is 0 Å². The van der Waals surface area contributed by atoms with Crippen molar-refractivity contribution >= 4 is 5.97 Å². The van der Waals surface area contributed by atoms with Crippen LogP contribution in [-0.4, -0.2) is 49.7 Å². The van der Waals surface area contributed by atoms with E-state index in [-0.39, 0.29) is 12.0 Å². The third-order valence-corrected chi connectivity index (χ3v) is 3.00. The van der Waals surface area contributed by atoms with E-state index in [0.29, 0.717) is 18.6 Å². The Kier molecular flexibility index (Phi) is 5.92. The topological polar surface area (TPSA) is 41.6 Å². The highest BCUT2D eigenvalue weighted by molar-refractivity contribution is 5.76. The first-order valence-corrected chi connectivity index (χ1v) is 6.66. The lowest BCUT2D eigenvalue weighted by Crippen LogP contribution is -2.47. The van der Waals surface area contributed by atoms with Crippen LogP contribution in [0, 0.1) is 5.92 Å². The largest absolute Gasteiger partial charge is 0.465 e. The quantitative estimate of drug-likeness (QED) is 0.651. The minimum absolute atomic E-state index is 0.135. The Morgan fingerprint density at radius 2 is 2.06 bits per heavy atom. The van der Waals surface area contributed by atoms with Crippen LogP contribution in [0.4, 0.5) is 0 Å². The standard InChI is InChI=1S/C13H26N2O2/c1-5-17-13(16)12(14-4)9-15(8-10(2)3)11-6-7-11/h10-12,14H,5-9H2,1-4H3. The number of carbonyl (C=O) groups excluding carboxylic acids is 1. The number of hydrogen-bond acceptors (Lipinski definition) is 4. The molecule has 0 bridgehead atoms. The van der Waals surface area contributed by atoms with E-state index in [1.54, 1.807) is 0 Å². The summed E-state index contributed by atoms with van der Waals surface area (Å²) in [5.74, 6) is 0.500. The Morgan fingerprint density at radius 1 is 1.41 bits per heavy atom. The van der Waals surface area contributed by atoms with Crippen molar-refractivity contribution in [2.24, 2.45) is 5.92 Å². The summed E-state index contributed by atoms with van der Waals surface area (Å²) in [7, 11) is 1.82. The maximum atomic E-state index is 11.7. The zero-order chi connectivity index (χ0) is 12.8. The van der Waals surface area contributed by atoms with Gasteiger partial charge in [-0.05, 0) is 32.7 Å². The lowest BCUT2D eigenvalue weighted by Gasteiger charge is -2.27. The van der Waals surface area contributed by atoms with Crippen molar-refractivity contribution in [1.82, 2.24) is 10.2 Å². The number of likely N-dealkylation sites (N-methyl/N-ethyl adjacent to an activating group) is 1. The van der Waals surface area contributed by atoms with Gasteiger partial charge in [0.05, 0.1) is 6.61 Å². The summed E-state index contributed by atoms with van der Waals surface area (Å²) in [5.41, 5.74) is 0. The second kappa shape index (κ2) is 6.97. The SMILES string of the molecule is CCOC(=O)C(CN(CC(C)C)C1CC1)NC. The highest BCUT2D eigenvalue weighted by Gasteiger charge is 2.32. The highest BCUT2D eigenvalue weighted by Crippen LogP contribution is 2.27. The van der Waals surface area contributed by atoms with Gasteiger partial charge < -0.3 is 10.1 Å². The number of nitrogens with one attached hydrogen (secondary N) is 1. The molecule has 0 spiro atoms. The van der Waals surface area contributed by atoms with Gasteiger partial charge in [0.25, 0.3) is 0 Å². The minimum Gasteiger partial charge on any atom is -0.465 e. The first-order valence-electron chi connectivity index (χ1n) is 6.66. The molecule has 1 N–H and O–H groups in total. The zero-order valence-electron chi connectivity index (χ0n) is 11.5. The van der Waals surface area contributed by atoms with Crippen LogP contribution >= 0.6 is 0 Å². The summed E-state index contributed by atoms with van der Waals surface area (Å²) >= 11 is 0. The second-order valence-corrected chi connectivity index (χ2v) is 5.17. The fraction of sp³-hybridized carbons (Fsp3) is 0.923. The monoisotopic (exact) mass is 242 g/mol. The van der Waals surface area contributed by atoms with Crippen molar-refractivity contribution in [3.8, 4) is 0 Å². The van der Waals surface area contributed by atoms with Crippen molar-refractivity contribution < 1.29 is 9.53 Å². The zero-order valence-corrected chi connectivity index (χ0v) is 11.5. The van der Waals surface area contributed by atoms with Gasteiger partial charge in [0.15, 0.2) is 0 Å². The van der Waals surface area contributed by atoms with Crippen LogP contribution in [0.2, 0.25) is 0 Å². The third kappa shape index (κ3) is 5.04. The third-order valence-electron chi connectivity index (χ3n) is 3.00. The number of nitrogens with zero attached hydrogens (tertiary/aromatic N) is 1. The number of esters is 1. The number of carbonyl (C=O) groups is 1. The molecular formula is C13H26N2O2. The molecule has 17 heavy (non-hydrogen) atoms. The average molecular weight is 242 g/mol. The molecule has 0 aromatic heterocycles. The molecule has 0 heterocycles. The first kappa shape index (κ1) is 14.5. The molecule has 4 nitrogen and oxygen atoms in total. The van der Waals surface area contributed by atoms with E-state index >= 15 is 0 Å². The van der Waals surface area contributed by atoms with E-state index < -0.39 is 0 Å². The summed E-state index contributed by atoms with van der Waals surface area (Å²) in [6.07, 6.45) is 2.54. The molecule has 4 heteroatoms. The molecule has 1 saturated carbocycles. The Bertz CT molecular complexity index is 240. The maximum absolute atomic E-state index is 11.7. The fourth-order valence-corrected chi connectivity index (χ4v) is 2.04. The fourth-order valence-electron chi connectivity index (χ4n) is 2.04. The van der Waals surface area contributed by atoms with Crippen LogP contribution in [0.25, 0.3) is 0 Å². The van der Waals surface area contributed by atoms with E-state index in [0.717, 1.165) is 13.1 Å². The Morgan fingerprint density at radius 3 is 2.47 bits per heavy atom. The lowest BCUT2D eigenvalue weighted by molar-refractivity contribution is -0.146. The van der Waals surface area contributed by atoms with Crippen molar-refractivity contribution in [2.75, 3.05) is 26.7 Å². The van der Waals surface area contributed by atoms with Gasteiger partial charge in [0.2, 0.25) is 0 Å². The van der Waals surface area contributed by atoms with Gasteiger partial charge in [0, 0.05) is 19.1 Å². The summed E-state index contributed by atoms with van der Waals surface area (Å²) in [6.45, 7) is 8.55. The summed E-state index contributed by atoms with van der Waals surface area (Å²) in [5, 5.41) is 3.06. The van der Waals surface area contributed by atoms with Crippen LogP contribution in [0.1, 0.15) is 33.6 Å². The average Bonchev–Trinajstić information content (AvgIpc) is 3.07. The maximum Gasteiger partial charge on any atom is 0.324 e. The molecule has 1 aliphatic carbocycles. The van der Waals surface area contributed by atoms with E-state index in [4.69, 9.17) is 4.74 Å². The summed E-state index contributed by atoms with van der Waals surface area (Å²) in [6, 6.07) is 0.483. The minimum atomic E-state index is -0.200. The van der Waals surface area contributed by atoms with E-state index in [1.807, 2.05) is 14.0 Å². The summed E-state index contributed by atoms with van der Waals surface area (Å²) < 4.78 is 5.07. The molecule has 0 amide bonds. The Hall–Kier alpha value is -0.610. The molecule has 0 saturated heterocycles. The van der Waals surface area contributed by atoms with Crippen LogP contribution in [0.5, 0.6) is 0 Å². The molecule has 0 aliphatic heterocycles. The number of ether oxygens (including phenoxy) is 1. The van der Waals surface area contributed by atoms with Crippen molar-refractivity contribution in [3.63, 3.8) is 0 Å². The molecule has 1 rings (SSSR count). The molecule has 0 radical (unpaired) electrons. The lowest BCUT2D eigenvalue weighted by atomic mass is 10.2. The number of rotatable bonds is 8. The van der Waals surface area contributed by atoms with Gasteiger partial charge in [-0.25, -0.2) is 0 Å². The van der Waals surface area contributed by atoms with Crippen molar-refractivity contribution in [3.05, 3.63) is 0 Å². The van der Waals surface area contributed by atoms with Gasteiger partial charge in [0.1, 0.15) is 6.04 Å². The number of hydrogen-bond donors (Lipinski definition) is 1. The van der Waals surface area contributed by atoms with Crippen LogP contribution in [-0.2, 0) is 9.53 Å². The smallest absolute Gasteiger partial charge is 0.324 e. The molecule has 1 unspecified atom stereocenters. The normalized spacial score (nSPS) is 17.5. The van der Waals surface area contributed by atoms with Crippen LogP contribution < -0.4 is 5.32 Å².